The average molecular weight is 795 g/mol. The predicted octanol–water partition coefficient (Wildman–Crippen LogP) is 15.1. The Morgan fingerprint density at radius 1 is 0.368 bits per heavy atom. The summed E-state index contributed by atoms with van der Waals surface area (Å²) >= 11 is 0. The van der Waals surface area contributed by atoms with Crippen LogP contribution in [0.15, 0.2) is 72.9 Å². The van der Waals surface area contributed by atoms with Crippen LogP contribution in [0.1, 0.15) is 213 Å². The van der Waals surface area contributed by atoms with Gasteiger partial charge in [-0.05, 0) is 83.5 Å². The van der Waals surface area contributed by atoms with E-state index in [2.05, 4.69) is 93.7 Å². The molecule has 0 aromatic carbocycles. The second-order valence-corrected chi connectivity index (χ2v) is 15.3. The summed E-state index contributed by atoms with van der Waals surface area (Å²) in [4.78, 5) is 37.8. The molecule has 0 aromatic heterocycles. The summed E-state index contributed by atoms with van der Waals surface area (Å²) in [5, 5.41) is 0. The van der Waals surface area contributed by atoms with Crippen molar-refractivity contribution in [2.75, 3.05) is 13.2 Å². The van der Waals surface area contributed by atoms with Crippen molar-refractivity contribution in [3.05, 3.63) is 72.9 Å². The lowest BCUT2D eigenvalue weighted by Crippen LogP contribution is -2.30. The van der Waals surface area contributed by atoms with Gasteiger partial charge in [0.1, 0.15) is 13.2 Å². The van der Waals surface area contributed by atoms with E-state index in [1.807, 2.05) is 0 Å². The Balaban J connectivity index is 4.46. The van der Waals surface area contributed by atoms with Crippen LogP contribution in [0.2, 0.25) is 0 Å². The van der Waals surface area contributed by atoms with Gasteiger partial charge in [0.15, 0.2) is 6.10 Å². The minimum Gasteiger partial charge on any atom is -0.462 e. The summed E-state index contributed by atoms with van der Waals surface area (Å²) in [6.07, 6.45) is 56.0. The topological polar surface area (TPSA) is 78.9 Å². The molecule has 1 atom stereocenters. The molecule has 0 saturated heterocycles. The van der Waals surface area contributed by atoms with Crippen LogP contribution >= 0.6 is 0 Å². The van der Waals surface area contributed by atoms with E-state index in [1.165, 1.54) is 64.2 Å². The van der Waals surface area contributed by atoms with Crippen LogP contribution in [0.5, 0.6) is 0 Å². The van der Waals surface area contributed by atoms with E-state index in [4.69, 9.17) is 14.2 Å². The molecule has 0 aliphatic carbocycles. The first kappa shape index (κ1) is 53.9. The van der Waals surface area contributed by atoms with Gasteiger partial charge in [0.25, 0.3) is 0 Å². The normalized spacial score (nSPS) is 12.7. The van der Waals surface area contributed by atoms with Crippen molar-refractivity contribution >= 4 is 17.9 Å². The first-order valence-corrected chi connectivity index (χ1v) is 23.4. The largest absolute Gasteiger partial charge is 0.462 e. The van der Waals surface area contributed by atoms with Gasteiger partial charge >= 0.3 is 17.9 Å². The van der Waals surface area contributed by atoms with Gasteiger partial charge in [-0.25, -0.2) is 0 Å². The molecule has 0 saturated carbocycles. The van der Waals surface area contributed by atoms with E-state index in [1.54, 1.807) is 0 Å². The molecule has 0 aromatic rings. The minimum atomic E-state index is -0.796. The van der Waals surface area contributed by atoms with Crippen molar-refractivity contribution < 1.29 is 28.6 Å². The fraction of sp³-hybridized carbons (Fsp3) is 0.706. The number of allylic oxidation sites excluding steroid dienone is 12. The molecule has 0 aliphatic rings. The zero-order chi connectivity index (χ0) is 41.5. The Hall–Kier alpha value is -3.15. The van der Waals surface area contributed by atoms with E-state index >= 15 is 0 Å². The van der Waals surface area contributed by atoms with Crippen molar-refractivity contribution in [3.8, 4) is 0 Å². The average Bonchev–Trinajstić information content (AvgIpc) is 3.21. The van der Waals surface area contributed by atoms with E-state index < -0.39 is 6.10 Å². The summed E-state index contributed by atoms with van der Waals surface area (Å²) in [7, 11) is 0. The number of esters is 3. The first-order valence-electron chi connectivity index (χ1n) is 23.4. The molecule has 1 unspecified atom stereocenters. The quantitative estimate of drug-likeness (QED) is 0.0265. The Morgan fingerprint density at radius 3 is 1.11 bits per heavy atom. The van der Waals surface area contributed by atoms with Crippen LogP contribution in [0, 0.1) is 0 Å². The number of hydrogen-bond acceptors (Lipinski definition) is 6. The molecular formula is C51H86O6. The molecule has 0 heterocycles. The summed E-state index contributed by atoms with van der Waals surface area (Å²) < 4.78 is 16.7. The monoisotopic (exact) mass is 795 g/mol. The van der Waals surface area contributed by atoms with E-state index in [0.717, 1.165) is 109 Å². The number of carbonyl (C=O) groups excluding carboxylic acids is 3. The third kappa shape index (κ3) is 43.8. The standard InChI is InChI=1S/C51H86O6/c1-4-7-10-13-16-19-22-25-27-29-32-35-38-41-44-50(53)56-47-48(46-55-49(52)43-40-37-34-31-28-24-21-18-15-12-9-6-3)57-51(54)45-42-39-36-33-30-26-23-20-17-14-11-8-5-2/h7,9-10,12,16,18-19,21,25,27-28,31,48H,4-6,8,11,13-15,17,20,22-24,26,29-30,32-47H2,1-3H3/b10-7-,12-9-,19-16-,21-18-,27-25-,31-28-. The van der Waals surface area contributed by atoms with Gasteiger partial charge in [0, 0.05) is 19.3 Å². The lowest BCUT2D eigenvalue weighted by Gasteiger charge is -2.18. The SMILES string of the molecule is CC/C=C\C/C=C\C/C=C\CCCCCCC(=O)OCC(COC(=O)CCCC/C=C\C/C=C\C/C=C\CC)OC(=O)CCCCCCCCCCCCCCC. The highest BCUT2D eigenvalue weighted by Crippen LogP contribution is 2.14. The summed E-state index contributed by atoms with van der Waals surface area (Å²) in [5.41, 5.74) is 0. The molecule has 0 radical (unpaired) electrons. The fourth-order valence-electron chi connectivity index (χ4n) is 6.23. The molecule has 0 N–H and O–H groups in total. The maximum absolute atomic E-state index is 12.7. The molecule has 0 fully saturated rings. The Labute approximate surface area is 351 Å². The molecule has 6 heteroatoms. The lowest BCUT2D eigenvalue weighted by atomic mass is 10.0. The van der Waals surface area contributed by atoms with Gasteiger partial charge < -0.3 is 14.2 Å². The zero-order valence-electron chi connectivity index (χ0n) is 37.1. The second kappa shape index (κ2) is 45.6. The summed E-state index contributed by atoms with van der Waals surface area (Å²) in [6, 6.07) is 0. The van der Waals surface area contributed by atoms with E-state index in [9.17, 15) is 14.4 Å². The van der Waals surface area contributed by atoms with Crippen LogP contribution in [0.3, 0.4) is 0 Å². The Bertz CT molecular complexity index is 1100. The molecule has 0 spiro atoms. The molecule has 0 aliphatic heterocycles. The summed E-state index contributed by atoms with van der Waals surface area (Å²) in [5.74, 6) is -0.961. The predicted molar refractivity (Wildman–Crippen MR) is 242 cm³/mol. The van der Waals surface area contributed by atoms with E-state index in [0.29, 0.717) is 19.3 Å². The van der Waals surface area contributed by atoms with Gasteiger partial charge in [-0.15, -0.1) is 0 Å². The van der Waals surface area contributed by atoms with Gasteiger partial charge in [0.05, 0.1) is 0 Å². The minimum absolute atomic E-state index is 0.0985. The van der Waals surface area contributed by atoms with Crippen molar-refractivity contribution in [2.45, 2.75) is 219 Å². The van der Waals surface area contributed by atoms with Crippen molar-refractivity contribution in [3.63, 3.8) is 0 Å². The third-order valence-corrected chi connectivity index (χ3v) is 9.71. The van der Waals surface area contributed by atoms with Crippen LogP contribution in [0.4, 0.5) is 0 Å². The lowest BCUT2D eigenvalue weighted by molar-refractivity contribution is -0.167. The number of hydrogen-bond donors (Lipinski definition) is 0. The van der Waals surface area contributed by atoms with Crippen LogP contribution in [-0.2, 0) is 28.6 Å². The molecule has 0 rings (SSSR count). The molecule has 0 bridgehead atoms. The van der Waals surface area contributed by atoms with Gasteiger partial charge in [-0.1, -0.05) is 184 Å². The molecule has 0 amide bonds. The zero-order valence-corrected chi connectivity index (χ0v) is 37.1. The Morgan fingerprint density at radius 2 is 0.684 bits per heavy atom. The van der Waals surface area contributed by atoms with Crippen molar-refractivity contribution in [1.82, 2.24) is 0 Å². The molecule has 326 valence electrons. The van der Waals surface area contributed by atoms with Crippen LogP contribution < -0.4 is 0 Å². The van der Waals surface area contributed by atoms with Crippen LogP contribution in [-0.4, -0.2) is 37.2 Å². The molecule has 6 nitrogen and oxygen atoms in total. The van der Waals surface area contributed by atoms with Crippen molar-refractivity contribution in [1.29, 1.82) is 0 Å². The number of rotatable bonds is 41. The highest BCUT2D eigenvalue weighted by Gasteiger charge is 2.19. The highest BCUT2D eigenvalue weighted by atomic mass is 16.6. The third-order valence-electron chi connectivity index (χ3n) is 9.71. The summed E-state index contributed by atoms with van der Waals surface area (Å²) in [6.45, 7) is 6.34. The highest BCUT2D eigenvalue weighted by molar-refractivity contribution is 5.71. The maximum Gasteiger partial charge on any atom is 0.306 e. The van der Waals surface area contributed by atoms with Gasteiger partial charge in [-0.3, -0.25) is 14.4 Å². The number of ether oxygens (including phenoxy) is 3. The van der Waals surface area contributed by atoms with Crippen LogP contribution in [0.25, 0.3) is 0 Å². The maximum atomic E-state index is 12.7. The number of unbranched alkanes of at least 4 members (excludes halogenated alkanes) is 18. The van der Waals surface area contributed by atoms with E-state index in [-0.39, 0.29) is 31.1 Å². The second-order valence-electron chi connectivity index (χ2n) is 15.3. The van der Waals surface area contributed by atoms with Crippen molar-refractivity contribution in [2.24, 2.45) is 0 Å². The molecular weight excluding hydrogens is 709 g/mol. The smallest absolute Gasteiger partial charge is 0.306 e. The molecule has 57 heavy (non-hydrogen) atoms. The Kier molecular flexibility index (Phi) is 43.0. The van der Waals surface area contributed by atoms with Gasteiger partial charge in [-0.2, -0.15) is 0 Å². The first-order chi connectivity index (χ1) is 28.0. The fourth-order valence-corrected chi connectivity index (χ4v) is 6.23. The van der Waals surface area contributed by atoms with Gasteiger partial charge in [0.2, 0.25) is 0 Å². The number of carbonyl (C=O) groups is 3.